The fourth-order valence-electron chi connectivity index (χ4n) is 1.92. The van der Waals surface area contributed by atoms with Gasteiger partial charge in [0.15, 0.2) is 0 Å². The second-order valence-corrected chi connectivity index (χ2v) is 4.05. The van der Waals surface area contributed by atoms with E-state index >= 15 is 0 Å². The van der Waals surface area contributed by atoms with Crippen molar-refractivity contribution in [1.29, 1.82) is 0 Å². The number of aryl methyl sites for hydroxylation is 2. The summed E-state index contributed by atoms with van der Waals surface area (Å²) in [5, 5.41) is 0. The lowest BCUT2D eigenvalue weighted by Gasteiger charge is -2.22. The summed E-state index contributed by atoms with van der Waals surface area (Å²) >= 11 is 0. The van der Waals surface area contributed by atoms with Crippen molar-refractivity contribution in [1.82, 2.24) is 4.98 Å². The van der Waals surface area contributed by atoms with Crippen LogP contribution in [-0.2, 0) is 15.9 Å². The Balaban J connectivity index is 2.02. The number of rotatable bonds is 2. The first-order chi connectivity index (χ1) is 7.24. The number of ether oxygens (including phenoxy) is 2. The Labute approximate surface area is 90.4 Å². The predicted molar refractivity (Wildman–Crippen MR) is 58.0 cm³/mol. The molecule has 1 unspecified atom stereocenters. The Morgan fingerprint density at radius 3 is 2.87 bits per heavy atom. The Kier molecular flexibility index (Phi) is 3.34. The molecule has 82 valence electrons. The van der Waals surface area contributed by atoms with Gasteiger partial charge in [-0.1, -0.05) is 0 Å². The van der Waals surface area contributed by atoms with Gasteiger partial charge >= 0.3 is 0 Å². The number of hydrogen-bond donors (Lipinski definition) is 0. The molecular weight excluding hydrogens is 190 g/mol. The van der Waals surface area contributed by atoms with Gasteiger partial charge in [0.1, 0.15) is 0 Å². The third-order valence-electron chi connectivity index (χ3n) is 2.47. The summed E-state index contributed by atoms with van der Waals surface area (Å²) in [7, 11) is 0. The topological polar surface area (TPSA) is 31.4 Å². The van der Waals surface area contributed by atoms with Crippen LogP contribution in [0.5, 0.6) is 0 Å². The molecule has 1 aliphatic rings. The van der Waals surface area contributed by atoms with Gasteiger partial charge in [0.25, 0.3) is 0 Å². The quantitative estimate of drug-likeness (QED) is 0.739. The molecule has 1 atom stereocenters. The molecule has 15 heavy (non-hydrogen) atoms. The fourth-order valence-corrected chi connectivity index (χ4v) is 1.92. The third-order valence-corrected chi connectivity index (χ3v) is 2.47. The molecule has 0 aliphatic carbocycles. The lowest BCUT2D eigenvalue weighted by molar-refractivity contribution is -0.0875. The minimum Gasteiger partial charge on any atom is -0.376 e. The number of hydrogen-bond acceptors (Lipinski definition) is 3. The van der Waals surface area contributed by atoms with Gasteiger partial charge in [-0.15, -0.1) is 0 Å². The van der Waals surface area contributed by atoms with Crippen LogP contribution in [-0.4, -0.2) is 30.9 Å². The zero-order valence-corrected chi connectivity index (χ0v) is 9.32. The lowest BCUT2D eigenvalue weighted by Crippen LogP contribution is -2.30. The van der Waals surface area contributed by atoms with Crippen LogP contribution in [0.25, 0.3) is 0 Å². The van der Waals surface area contributed by atoms with Crippen LogP contribution in [0.4, 0.5) is 0 Å². The maximum absolute atomic E-state index is 5.60. The van der Waals surface area contributed by atoms with E-state index in [-0.39, 0.29) is 6.10 Å². The van der Waals surface area contributed by atoms with Crippen LogP contribution in [0.3, 0.4) is 0 Å². The lowest BCUT2D eigenvalue weighted by atomic mass is 10.1. The molecule has 0 N–H and O–H groups in total. The van der Waals surface area contributed by atoms with E-state index in [9.17, 15) is 0 Å². The van der Waals surface area contributed by atoms with Crippen molar-refractivity contribution < 1.29 is 9.47 Å². The average Bonchev–Trinajstić information content (AvgIpc) is 2.17. The van der Waals surface area contributed by atoms with E-state index in [1.165, 1.54) is 5.56 Å². The minimum absolute atomic E-state index is 0.174. The van der Waals surface area contributed by atoms with E-state index in [1.807, 2.05) is 6.92 Å². The van der Waals surface area contributed by atoms with Crippen LogP contribution in [0.2, 0.25) is 0 Å². The number of nitrogens with zero attached hydrogens (tertiary/aromatic N) is 1. The van der Waals surface area contributed by atoms with Crippen molar-refractivity contribution in [3.8, 4) is 0 Å². The van der Waals surface area contributed by atoms with Gasteiger partial charge in [0.05, 0.1) is 25.9 Å². The van der Waals surface area contributed by atoms with Crippen molar-refractivity contribution in [2.75, 3.05) is 19.8 Å². The summed E-state index contributed by atoms with van der Waals surface area (Å²) < 4.78 is 11.0. The average molecular weight is 207 g/mol. The maximum atomic E-state index is 5.60. The first kappa shape index (κ1) is 10.6. The summed E-state index contributed by atoms with van der Waals surface area (Å²) in [6.07, 6.45) is 1.02. The first-order valence-corrected chi connectivity index (χ1v) is 5.37. The molecule has 0 amide bonds. The van der Waals surface area contributed by atoms with E-state index < -0.39 is 0 Å². The van der Waals surface area contributed by atoms with Gasteiger partial charge in [-0.05, 0) is 31.5 Å². The maximum Gasteiger partial charge on any atom is 0.0864 e. The van der Waals surface area contributed by atoms with E-state index in [0.29, 0.717) is 13.2 Å². The van der Waals surface area contributed by atoms with Crippen molar-refractivity contribution in [3.05, 3.63) is 29.1 Å². The third kappa shape index (κ3) is 3.01. The smallest absolute Gasteiger partial charge is 0.0864 e. The molecule has 0 bridgehead atoms. The van der Waals surface area contributed by atoms with Gasteiger partial charge in [0, 0.05) is 17.8 Å². The molecule has 0 aromatic carbocycles. The minimum atomic E-state index is 0.174. The zero-order valence-electron chi connectivity index (χ0n) is 9.32. The highest BCUT2D eigenvalue weighted by atomic mass is 16.6. The highest BCUT2D eigenvalue weighted by Crippen LogP contribution is 2.10. The van der Waals surface area contributed by atoms with Gasteiger partial charge in [-0.25, -0.2) is 0 Å². The molecule has 3 heteroatoms. The van der Waals surface area contributed by atoms with Crippen LogP contribution < -0.4 is 0 Å². The molecule has 0 spiro atoms. The molecule has 1 saturated heterocycles. The van der Waals surface area contributed by atoms with Gasteiger partial charge in [0.2, 0.25) is 0 Å². The van der Waals surface area contributed by atoms with Crippen LogP contribution >= 0.6 is 0 Å². The van der Waals surface area contributed by atoms with Crippen molar-refractivity contribution in [2.45, 2.75) is 26.4 Å². The van der Waals surface area contributed by atoms with Crippen molar-refractivity contribution in [2.24, 2.45) is 0 Å². The molecule has 2 rings (SSSR count). The van der Waals surface area contributed by atoms with Gasteiger partial charge in [-0.3, -0.25) is 4.98 Å². The van der Waals surface area contributed by atoms with Crippen molar-refractivity contribution >= 4 is 0 Å². The Morgan fingerprint density at radius 1 is 1.33 bits per heavy atom. The van der Waals surface area contributed by atoms with E-state index in [4.69, 9.17) is 9.47 Å². The number of aromatic nitrogens is 1. The van der Waals surface area contributed by atoms with E-state index in [1.54, 1.807) is 0 Å². The SMILES string of the molecule is Cc1cc(C)nc(CC2COCCO2)c1. The molecule has 1 aromatic heterocycles. The number of pyridine rings is 1. The van der Waals surface area contributed by atoms with Crippen LogP contribution in [0.1, 0.15) is 17.0 Å². The first-order valence-electron chi connectivity index (χ1n) is 5.37. The Hall–Kier alpha value is -0.930. The van der Waals surface area contributed by atoms with Crippen molar-refractivity contribution in [3.63, 3.8) is 0 Å². The van der Waals surface area contributed by atoms with Crippen LogP contribution in [0.15, 0.2) is 12.1 Å². The molecule has 0 saturated carbocycles. The summed E-state index contributed by atoms with van der Waals surface area (Å²) in [6, 6.07) is 4.20. The second kappa shape index (κ2) is 4.73. The fraction of sp³-hybridized carbons (Fsp3) is 0.583. The summed E-state index contributed by atoms with van der Waals surface area (Å²) in [5.74, 6) is 0. The summed E-state index contributed by atoms with van der Waals surface area (Å²) in [4.78, 5) is 4.49. The van der Waals surface area contributed by atoms with E-state index in [2.05, 4.69) is 24.0 Å². The largest absolute Gasteiger partial charge is 0.376 e. The van der Waals surface area contributed by atoms with Gasteiger partial charge < -0.3 is 9.47 Å². The summed E-state index contributed by atoms with van der Waals surface area (Å²) in [6.45, 7) is 6.23. The molecule has 3 nitrogen and oxygen atoms in total. The van der Waals surface area contributed by atoms with E-state index in [0.717, 1.165) is 24.4 Å². The molecule has 2 heterocycles. The normalized spacial score (nSPS) is 21.6. The highest BCUT2D eigenvalue weighted by Gasteiger charge is 2.15. The standard InChI is InChI=1S/C12H17NO2/c1-9-5-10(2)13-11(6-9)7-12-8-14-3-4-15-12/h5-6,12H,3-4,7-8H2,1-2H3. The van der Waals surface area contributed by atoms with Crippen LogP contribution in [0, 0.1) is 13.8 Å². The second-order valence-electron chi connectivity index (χ2n) is 4.05. The zero-order chi connectivity index (χ0) is 10.7. The molecular formula is C12H17NO2. The van der Waals surface area contributed by atoms with Gasteiger partial charge in [-0.2, -0.15) is 0 Å². The predicted octanol–water partition coefficient (Wildman–Crippen LogP) is 1.66. The highest BCUT2D eigenvalue weighted by molar-refractivity contribution is 5.19. The Morgan fingerprint density at radius 2 is 2.20 bits per heavy atom. The molecule has 1 aromatic rings. The molecule has 1 aliphatic heterocycles. The monoisotopic (exact) mass is 207 g/mol. The molecule has 0 radical (unpaired) electrons. The Bertz CT molecular complexity index is 312. The summed E-state index contributed by atoms with van der Waals surface area (Å²) in [5.41, 5.74) is 3.43. The molecule has 1 fully saturated rings.